The lowest BCUT2D eigenvalue weighted by atomic mass is 9.65. The SMILES string of the molecule is CC(=O)N1c2ccc(NC(=O)c3ccc(-c4ccccc4)cc3)cc2C(C)(c2ccc(OCCCN3CCOCC3)cc2)CC1(C)C. The van der Waals surface area contributed by atoms with E-state index in [0.717, 1.165) is 73.0 Å². The molecule has 47 heavy (non-hydrogen) atoms. The molecule has 0 spiro atoms. The number of carbonyl (C=O) groups excluding carboxylic acids is 2. The summed E-state index contributed by atoms with van der Waals surface area (Å²) in [6.07, 6.45) is 1.68. The minimum absolute atomic E-state index is 0.00517. The maximum absolute atomic E-state index is 13.4. The number of benzene rings is 4. The molecule has 1 N–H and O–H groups in total. The number of ether oxygens (including phenoxy) is 2. The van der Waals surface area contributed by atoms with Crippen LogP contribution in [0, 0.1) is 0 Å². The molecular formula is C40H45N3O4. The van der Waals surface area contributed by atoms with Crippen LogP contribution in [0.1, 0.15) is 62.0 Å². The Labute approximate surface area is 278 Å². The van der Waals surface area contributed by atoms with Gasteiger partial charge in [-0.15, -0.1) is 0 Å². The summed E-state index contributed by atoms with van der Waals surface area (Å²) in [4.78, 5) is 30.7. The molecule has 0 bridgehead atoms. The minimum atomic E-state index is -0.423. The van der Waals surface area contributed by atoms with Gasteiger partial charge in [-0.3, -0.25) is 14.5 Å². The summed E-state index contributed by atoms with van der Waals surface area (Å²) in [7, 11) is 0. The van der Waals surface area contributed by atoms with Crippen LogP contribution < -0.4 is 15.0 Å². The minimum Gasteiger partial charge on any atom is -0.494 e. The van der Waals surface area contributed by atoms with Crippen LogP contribution in [0.25, 0.3) is 11.1 Å². The van der Waals surface area contributed by atoms with Gasteiger partial charge in [0.25, 0.3) is 5.91 Å². The van der Waals surface area contributed by atoms with E-state index in [1.807, 2.05) is 77.7 Å². The van der Waals surface area contributed by atoms with E-state index in [0.29, 0.717) is 24.3 Å². The van der Waals surface area contributed by atoms with Gasteiger partial charge in [0.1, 0.15) is 5.75 Å². The third kappa shape index (κ3) is 7.11. The highest BCUT2D eigenvalue weighted by Gasteiger charge is 2.47. The first kappa shape index (κ1) is 32.5. The second-order valence-corrected chi connectivity index (χ2v) is 13.5. The fourth-order valence-corrected chi connectivity index (χ4v) is 7.34. The lowest BCUT2D eigenvalue weighted by Gasteiger charge is -2.51. The van der Waals surface area contributed by atoms with Crippen molar-refractivity contribution < 1.29 is 19.1 Å². The predicted octanol–water partition coefficient (Wildman–Crippen LogP) is 7.55. The van der Waals surface area contributed by atoms with Crippen molar-refractivity contribution in [3.8, 4) is 16.9 Å². The van der Waals surface area contributed by atoms with Gasteiger partial charge in [-0.1, -0.05) is 61.5 Å². The number of morpholine rings is 1. The van der Waals surface area contributed by atoms with Crippen LogP contribution in [0.5, 0.6) is 5.75 Å². The Balaban J connectivity index is 1.22. The molecule has 2 aliphatic heterocycles. The second-order valence-electron chi connectivity index (χ2n) is 13.5. The number of nitrogens with zero attached hydrogens (tertiary/aromatic N) is 2. The van der Waals surface area contributed by atoms with E-state index in [2.05, 4.69) is 55.3 Å². The van der Waals surface area contributed by atoms with Gasteiger partial charge in [-0.2, -0.15) is 0 Å². The highest BCUT2D eigenvalue weighted by molar-refractivity contribution is 6.05. The summed E-state index contributed by atoms with van der Waals surface area (Å²) in [5.41, 5.74) is 5.60. The van der Waals surface area contributed by atoms with Gasteiger partial charge >= 0.3 is 0 Å². The standard InChI is InChI=1S/C40H45N3O4/c1-29(44)43-37-20-17-34(41-38(45)32-13-11-31(12-14-32)30-9-6-5-7-10-30)27-36(37)40(4,28-39(43,2)3)33-15-18-35(19-16-33)47-24-8-21-42-22-25-46-26-23-42/h5-7,9-20,27H,8,21-26,28H2,1-4H3,(H,41,45). The lowest BCUT2D eigenvalue weighted by molar-refractivity contribution is -0.117. The summed E-state index contributed by atoms with van der Waals surface area (Å²) in [5, 5.41) is 3.11. The van der Waals surface area contributed by atoms with E-state index in [4.69, 9.17) is 9.47 Å². The van der Waals surface area contributed by atoms with Crippen LogP contribution in [0.2, 0.25) is 0 Å². The molecule has 244 valence electrons. The molecule has 0 saturated carbocycles. The first-order chi connectivity index (χ1) is 22.6. The zero-order valence-electron chi connectivity index (χ0n) is 27.9. The average molecular weight is 632 g/mol. The molecule has 1 atom stereocenters. The first-order valence-corrected chi connectivity index (χ1v) is 16.6. The van der Waals surface area contributed by atoms with Gasteiger partial charge in [0, 0.05) is 54.5 Å². The molecule has 1 unspecified atom stereocenters. The molecule has 1 saturated heterocycles. The molecule has 0 aromatic heterocycles. The van der Waals surface area contributed by atoms with E-state index in [9.17, 15) is 9.59 Å². The smallest absolute Gasteiger partial charge is 0.255 e. The van der Waals surface area contributed by atoms with Gasteiger partial charge in [0.05, 0.1) is 19.8 Å². The highest BCUT2D eigenvalue weighted by atomic mass is 16.5. The molecular weight excluding hydrogens is 586 g/mol. The van der Waals surface area contributed by atoms with Crippen LogP contribution in [0.15, 0.2) is 97.1 Å². The zero-order chi connectivity index (χ0) is 33.0. The van der Waals surface area contributed by atoms with E-state index in [1.165, 1.54) is 0 Å². The topological polar surface area (TPSA) is 71.1 Å². The first-order valence-electron chi connectivity index (χ1n) is 16.6. The van der Waals surface area contributed by atoms with Gasteiger partial charge in [0.15, 0.2) is 0 Å². The number of carbonyl (C=O) groups is 2. The Hall–Kier alpha value is -4.46. The summed E-state index contributed by atoms with van der Waals surface area (Å²) in [5.74, 6) is 0.662. The van der Waals surface area contributed by atoms with Crippen LogP contribution in [-0.4, -0.2) is 61.7 Å². The van der Waals surface area contributed by atoms with E-state index >= 15 is 0 Å². The molecule has 0 aliphatic carbocycles. The predicted molar refractivity (Wildman–Crippen MR) is 188 cm³/mol. The van der Waals surface area contributed by atoms with E-state index in [1.54, 1.807) is 6.92 Å². The monoisotopic (exact) mass is 631 g/mol. The average Bonchev–Trinajstić information content (AvgIpc) is 3.07. The molecule has 0 radical (unpaired) electrons. The molecule has 7 heteroatoms. The Morgan fingerprint density at radius 1 is 0.851 bits per heavy atom. The lowest BCUT2D eigenvalue weighted by Crippen LogP contribution is -2.55. The van der Waals surface area contributed by atoms with E-state index in [-0.39, 0.29) is 11.8 Å². The van der Waals surface area contributed by atoms with Crippen molar-refractivity contribution in [2.24, 2.45) is 0 Å². The van der Waals surface area contributed by atoms with Gasteiger partial charge in [-0.25, -0.2) is 0 Å². The Kier molecular flexibility index (Phi) is 9.48. The Morgan fingerprint density at radius 2 is 1.53 bits per heavy atom. The van der Waals surface area contributed by atoms with Crippen molar-refractivity contribution in [2.75, 3.05) is 49.7 Å². The van der Waals surface area contributed by atoms with E-state index < -0.39 is 11.0 Å². The number of rotatable bonds is 9. The molecule has 2 amide bonds. The summed E-state index contributed by atoms with van der Waals surface area (Å²) < 4.78 is 11.6. The molecule has 2 heterocycles. The molecule has 2 aliphatic rings. The van der Waals surface area contributed by atoms with Crippen molar-refractivity contribution in [3.05, 3.63) is 114 Å². The third-order valence-corrected chi connectivity index (χ3v) is 9.53. The Morgan fingerprint density at radius 3 is 2.21 bits per heavy atom. The van der Waals surface area contributed by atoms with Gasteiger partial charge in [-0.05, 0) is 91.4 Å². The molecule has 4 aromatic rings. The fraction of sp³-hybridized carbons (Fsp3) is 0.350. The van der Waals surface area contributed by atoms with Crippen molar-refractivity contribution >= 4 is 23.2 Å². The van der Waals surface area contributed by atoms with Crippen LogP contribution in [-0.2, 0) is 14.9 Å². The van der Waals surface area contributed by atoms with Crippen LogP contribution in [0.3, 0.4) is 0 Å². The van der Waals surface area contributed by atoms with Crippen molar-refractivity contribution in [2.45, 2.75) is 51.5 Å². The maximum atomic E-state index is 13.4. The normalized spacial score (nSPS) is 19.1. The number of fused-ring (bicyclic) bond motifs is 1. The van der Waals surface area contributed by atoms with Crippen LogP contribution >= 0.6 is 0 Å². The van der Waals surface area contributed by atoms with Crippen molar-refractivity contribution in [3.63, 3.8) is 0 Å². The number of anilines is 2. The van der Waals surface area contributed by atoms with Crippen molar-refractivity contribution in [1.29, 1.82) is 0 Å². The number of amides is 2. The van der Waals surface area contributed by atoms with Gasteiger partial charge in [0.2, 0.25) is 5.91 Å². The molecule has 6 rings (SSSR count). The molecule has 1 fully saturated rings. The summed E-state index contributed by atoms with van der Waals surface area (Å²) in [6.45, 7) is 13.4. The summed E-state index contributed by atoms with van der Waals surface area (Å²) in [6, 6.07) is 32.0. The number of nitrogens with one attached hydrogen (secondary N) is 1. The zero-order valence-corrected chi connectivity index (χ0v) is 27.9. The third-order valence-electron chi connectivity index (χ3n) is 9.53. The number of hydrogen-bond acceptors (Lipinski definition) is 5. The molecule has 7 nitrogen and oxygen atoms in total. The summed E-state index contributed by atoms with van der Waals surface area (Å²) >= 11 is 0. The highest BCUT2D eigenvalue weighted by Crippen LogP contribution is 2.51. The quantitative estimate of drug-likeness (QED) is 0.193. The van der Waals surface area contributed by atoms with Crippen molar-refractivity contribution in [1.82, 2.24) is 4.90 Å². The Bertz CT molecular complexity index is 1700. The fourth-order valence-electron chi connectivity index (χ4n) is 7.34. The van der Waals surface area contributed by atoms with Gasteiger partial charge < -0.3 is 19.7 Å². The number of hydrogen-bond donors (Lipinski definition) is 1. The van der Waals surface area contributed by atoms with Crippen LogP contribution in [0.4, 0.5) is 11.4 Å². The maximum Gasteiger partial charge on any atom is 0.255 e. The second kappa shape index (κ2) is 13.7. The largest absolute Gasteiger partial charge is 0.494 e. The molecule has 4 aromatic carbocycles.